The first-order chi connectivity index (χ1) is 12.7. The zero-order valence-electron chi connectivity index (χ0n) is 14.7. The number of hydrogen-bond acceptors (Lipinski definition) is 2. The fraction of sp³-hybridized carbons (Fsp3) is 0.318. The first-order valence-electron chi connectivity index (χ1n) is 9.36. The maximum Gasteiger partial charge on any atom is 0.270 e. The second kappa shape index (κ2) is 5.90. The predicted molar refractivity (Wildman–Crippen MR) is 102 cm³/mol. The number of fused-ring (bicyclic) bond motifs is 2. The van der Waals surface area contributed by atoms with Crippen LogP contribution in [0, 0.1) is 0 Å². The van der Waals surface area contributed by atoms with Crippen LogP contribution >= 0.6 is 0 Å². The predicted octanol–water partition coefficient (Wildman–Crippen LogP) is 4.17. The highest BCUT2D eigenvalue weighted by molar-refractivity contribution is 5.98. The molecule has 0 aliphatic carbocycles. The Bertz CT molecular complexity index is 934. The Morgan fingerprint density at radius 3 is 2.62 bits per heavy atom. The van der Waals surface area contributed by atoms with Crippen molar-refractivity contribution in [2.75, 3.05) is 13.1 Å². The fourth-order valence-corrected chi connectivity index (χ4v) is 4.29. The van der Waals surface area contributed by atoms with Gasteiger partial charge in [-0.1, -0.05) is 36.4 Å². The van der Waals surface area contributed by atoms with Gasteiger partial charge in [0.05, 0.1) is 0 Å². The van der Waals surface area contributed by atoms with Crippen LogP contribution in [0.25, 0.3) is 10.9 Å². The molecular weight excluding hydrogens is 324 g/mol. The molecule has 3 aromatic rings. The third-order valence-electron chi connectivity index (χ3n) is 5.87. The zero-order chi connectivity index (χ0) is 17.6. The summed E-state index contributed by atoms with van der Waals surface area (Å²) in [6.07, 6.45) is 3.89. The Kier molecular flexibility index (Phi) is 3.52. The van der Waals surface area contributed by atoms with Gasteiger partial charge in [0.1, 0.15) is 17.0 Å². The number of aromatic nitrogens is 1. The summed E-state index contributed by atoms with van der Waals surface area (Å²) in [6, 6.07) is 18.3. The SMILES string of the molecule is O=C(c1cc2ccccc2[nH]1)N1CCC2(CCc3ccccc3O2)CC1. The van der Waals surface area contributed by atoms with Gasteiger partial charge in [0.2, 0.25) is 0 Å². The summed E-state index contributed by atoms with van der Waals surface area (Å²) < 4.78 is 6.40. The van der Waals surface area contributed by atoms with Gasteiger partial charge in [-0.2, -0.15) is 0 Å². The molecule has 1 saturated heterocycles. The third-order valence-corrected chi connectivity index (χ3v) is 5.87. The molecule has 0 saturated carbocycles. The Labute approximate surface area is 152 Å². The normalized spacial score (nSPS) is 18.5. The number of rotatable bonds is 1. The van der Waals surface area contributed by atoms with E-state index in [1.54, 1.807) is 0 Å². The number of likely N-dealkylation sites (tertiary alicyclic amines) is 1. The van der Waals surface area contributed by atoms with Crippen LogP contribution in [0.1, 0.15) is 35.3 Å². The van der Waals surface area contributed by atoms with Gasteiger partial charge in [0.25, 0.3) is 5.91 Å². The molecule has 1 amide bonds. The van der Waals surface area contributed by atoms with Gasteiger partial charge in [-0.3, -0.25) is 4.79 Å². The van der Waals surface area contributed by atoms with Crippen LogP contribution in [0.3, 0.4) is 0 Å². The van der Waals surface area contributed by atoms with E-state index in [1.807, 2.05) is 41.3 Å². The van der Waals surface area contributed by atoms with Crippen molar-refractivity contribution in [3.8, 4) is 5.75 Å². The molecule has 0 atom stereocenters. The van der Waals surface area contributed by atoms with E-state index < -0.39 is 0 Å². The van der Waals surface area contributed by atoms with E-state index in [0.717, 1.165) is 55.4 Å². The number of benzene rings is 2. The van der Waals surface area contributed by atoms with Gasteiger partial charge in [-0.05, 0) is 36.6 Å². The average Bonchev–Trinajstić information content (AvgIpc) is 3.12. The Balaban J connectivity index is 1.30. The van der Waals surface area contributed by atoms with E-state index in [2.05, 4.69) is 23.2 Å². The minimum atomic E-state index is -0.106. The van der Waals surface area contributed by atoms with Crippen molar-refractivity contribution in [3.63, 3.8) is 0 Å². The van der Waals surface area contributed by atoms with Crippen LogP contribution in [-0.4, -0.2) is 34.5 Å². The number of hydrogen-bond donors (Lipinski definition) is 1. The van der Waals surface area contributed by atoms with E-state index in [-0.39, 0.29) is 11.5 Å². The van der Waals surface area contributed by atoms with Crippen LogP contribution in [0.2, 0.25) is 0 Å². The lowest BCUT2D eigenvalue weighted by Crippen LogP contribution is -2.51. The molecule has 26 heavy (non-hydrogen) atoms. The second-order valence-electron chi connectivity index (χ2n) is 7.46. The summed E-state index contributed by atoms with van der Waals surface area (Å²) in [5, 5.41) is 1.08. The molecule has 3 heterocycles. The van der Waals surface area contributed by atoms with Crippen molar-refractivity contribution in [1.82, 2.24) is 9.88 Å². The van der Waals surface area contributed by atoms with Gasteiger partial charge in [0, 0.05) is 36.8 Å². The number of H-pyrrole nitrogens is 1. The molecule has 4 nitrogen and oxygen atoms in total. The number of carbonyl (C=O) groups excluding carboxylic acids is 1. The van der Waals surface area contributed by atoms with Gasteiger partial charge >= 0.3 is 0 Å². The largest absolute Gasteiger partial charge is 0.487 e. The zero-order valence-corrected chi connectivity index (χ0v) is 14.7. The van der Waals surface area contributed by atoms with Crippen LogP contribution in [0.5, 0.6) is 5.75 Å². The van der Waals surface area contributed by atoms with E-state index >= 15 is 0 Å². The van der Waals surface area contributed by atoms with Crippen molar-refractivity contribution in [3.05, 3.63) is 65.9 Å². The van der Waals surface area contributed by atoms with Gasteiger partial charge in [-0.25, -0.2) is 0 Å². The molecular formula is C22H22N2O2. The molecule has 1 spiro atoms. The molecule has 132 valence electrons. The van der Waals surface area contributed by atoms with Crippen LogP contribution in [-0.2, 0) is 6.42 Å². The molecule has 1 aromatic heterocycles. The van der Waals surface area contributed by atoms with Crippen molar-refractivity contribution in [2.45, 2.75) is 31.3 Å². The van der Waals surface area contributed by atoms with Crippen LogP contribution in [0.15, 0.2) is 54.6 Å². The molecule has 0 bridgehead atoms. The van der Waals surface area contributed by atoms with E-state index in [4.69, 9.17) is 4.74 Å². The van der Waals surface area contributed by atoms with Crippen LogP contribution in [0.4, 0.5) is 0 Å². The van der Waals surface area contributed by atoms with Crippen molar-refractivity contribution < 1.29 is 9.53 Å². The first kappa shape index (κ1) is 15.5. The number of carbonyl (C=O) groups is 1. The minimum absolute atomic E-state index is 0.0901. The van der Waals surface area contributed by atoms with Gasteiger partial charge < -0.3 is 14.6 Å². The van der Waals surface area contributed by atoms with Gasteiger partial charge in [-0.15, -0.1) is 0 Å². The third kappa shape index (κ3) is 2.57. The minimum Gasteiger partial charge on any atom is -0.487 e. The number of para-hydroxylation sites is 2. The monoisotopic (exact) mass is 346 g/mol. The molecule has 2 aromatic carbocycles. The maximum atomic E-state index is 12.9. The highest BCUT2D eigenvalue weighted by atomic mass is 16.5. The lowest BCUT2D eigenvalue weighted by molar-refractivity contribution is -0.0108. The summed E-state index contributed by atoms with van der Waals surface area (Å²) >= 11 is 0. The van der Waals surface area contributed by atoms with Gasteiger partial charge in [0.15, 0.2) is 0 Å². The highest BCUT2D eigenvalue weighted by Gasteiger charge is 2.40. The van der Waals surface area contributed by atoms with E-state index in [0.29, 0.717) is 5.69 Å². The molecule has 1 N–H and O–H groups in total. The summed E-state index contributed by atoms with van der Waals surface area (Å²) in [7, 11) is 0. The quantitative estimate of drug-likeness (QED) is 0.719. The molecule has 2 aliphatic heterocycles. The Morgan fingerprint density at radius 2 is 1.77 bits per heavy atom. The standard InChI is InChI=1S/C22H22N2O2/c25-21(19-15-17-6-1-3-7-18(17)23-19)24-13-11-22(12-14-24)10-9-16-5-2-4-8-20(16)26-22/h1-8,15,23H,9-14H2. The summed E-state index contributed by atoms with van der Waals surface area (Å²) in [4.78, 5) is 18.1. The summed E-state index contributed by atoms with van der Waals surface area (Å²) in [5.41, 5.74) is 2.88. The maximum absolute atomic E-state index is 12.9. The molecule has 4 heteroatoms. The average molecular weight is 346 g/mol. The van der Waals surface area contributed by atoms with E-state index in [1.165, 1.54) is 5.56 Å². The number of nitrogens with one attached hydrogen (secondary N) is 1. The number of piperidine rings is 1. The molecule has 5 rings (SSSR count). The fourth-order valence-electron chi connectivity index (χ4n) is 4.29. The highest BCUT2D eigenvalue weighted by Crippen LogP contribution is 2.39. The first-order valence-corrected chi connectivity index (χ1v) is 9.36. The summed E-state index contributed by atoms with van der Waals surface area (Å²) in [6.45, 7) is 1.49. The number of aromatic amines is 1. The molecule has 2 aliphatic rings. The molecule has 0 radical (unpaired) electrons. The smallest absolute Gasteiger partial charge is 0.270 e. The Hall–Kier alpha value is -2.75. The Morgan fingerprint density at radius 1 is 1.00 bits per heavy atom. The topological polar surface area (TPSA) is 45.3 Å². The number of aryl methyl sites for hydroxylation is 1. The van der Waals surface area contributed by atoms with Crippen molar-refractivity contribution in [1.29, 1.82) is 0 Å². The lowest BCUT2D eigenvalue weighted by atomic mass is 9.83. The number of ether oxygens (including phenoxy) is 1. The van der Waals surface area contributed by atoms with Crippen molar-refractivity contribution in [2.24, 2.45) is 0 Å². The molecule has 1 fully saturated rings. The number of amides is 1. The van der Waals surface area contributed by atoms with Crippen molar-refractivity contribution >= 4 is 16.8 Å². The second-order valence-corrected chi connectivity index (χ2v) is 7.46. The molecule has 0 unspecified atom stereocenters. The van der Waals surface area contributed by atoms with E-state index in [9.17, 15) is 4.79 Å². The lowest BCUT2D eigenvalue weighted by Gasteiger charge is -2.44. The van der Waals surface area contributed by atoms with Crippen LogP contribution < -0.4 is 4.74 Å². The number of nitrogens with zero attached hydrogens (tertiary/aromatic N) is 1. The summed E-state index contributed by atoms with van der Waals surface area (Å²) in [5.74, 6) is 1.11.